The summed E-state index contributed by atoms with van der Waals surface area (Å²) in [7, 11) is 1.59. The monoisotopic (exact) mass is 359 g/mol. The lowest BCUT2D eigenvalue weighted by Gasteiger charge is -2.21. The summed E-state index contributed by atoms with van der Waals surface area (Å²) in [6.07, 6.45) is 0.868. The molecule has 2 aromatic heterocycles. The highest BCUT2D eigenvalue weighted by atomic mass is 35.5. The Labute approximate surface area is 150 Å². The van der Waals surface area contributed by atoms with E-state index in [1.54, 1.807) is 19.2 Å². The second kappa shape index (κ2) is 6.37. The average molecular weight is 360 g/mol. The van der Waals surface area contributed by atoms with Crippen molar-refractivity contribution in [3.63, 3.8) is 0 Å². The molecule has 1 aromatic carbocycles. The summed E-state index contributed by atoms with van der Waals surface area (Å²) >= 11 is 5.98. The third kappa shape index (κ3) is 3.58. The summed E-state index contributed by atoms with van der Waals surface area (Å²) in [5.41, 5.74) is 1.17. The Balaban J connectivity index is 2.23. The molecule has 0 aliphatic rings. The standard InChI is InChI=1S/C18H18ClN3O3/c1-18(2,3)25-17(23)22-14-6-5-12(24-4)7-11(14)8-15(22)13-9-16(19)21-10-20-13/h5-10H,1-4H3. The Morgan fingerprint density at radius 2 is 1.92 bits per heavy atom. The van der Waals surface area contributed by atoms with Crippen molar-refractivity contribution in [2.45, 2.75) is 26.4 Å². The van der Waals surface area contributed by atoms with E-state index in [2.05, 4.69) is 9.97 Å². The smallest absolute Gasteiger partial charge is 0.419 e. The van der Waals surface area contributed by atoms with E-state index in [1.165, 1.54) is 10.9 Å². The van der Waals surface area contributed by atoms with Gasteiger partial charge < -0.3 is 9.47 Å². The van der Waals surface area contributed by atoms with Crippen molar-refractivity contribution in [2.75, 3.05) is 7.11 Å². The van der Waals surface area contributed by atoms with Crippen LogP contribution < -0.4 is 4.74 Å². The molecule has 0 bridgehead atoms. The van der Waals surface area contributed by atoms with Gasteiger partial charge in [0.2, 0.25) is 0 Å². The van der Waals surface area contributed by atoms with E-state index in [0.29, 0.717) is 27.8 Å². The van der Waals surface area contributed by atoms with Crippen LogP contribution in [0, 0.1) is 0 Å². The molecule has 0 saturated carbocycles. The lowest BCUT2D eigenvalue weighted by atomic mass is 10.2. The fourth-order valence-electron chi connectivity index (χ4n) is 2.49. The van der Waals surface area contributed by atoms with Crippen molar-refractivity contribution in [3.05, 3.63) is 41.8 Å². The van der Waals surface area contributed by atoms with E-state index in [9.17, 15) is 4.79 Å². The fraction of sp³-hybridized carbons (Fsp3) is 0.278. The lowest BCUT2D eigenvalue weighted by molar-refractivity contribution is 0.0547. The molecule has 3 rings (SSSR count). The summed E-state index contributed by atoms with van der Waals surface area (Å²) < 4.78 is 12.3. The van der Waals surface area contributed by atoms with Crippen LogP contribution in [0.25, 0.3) is 22.3 Å². The molecule has 0 aliphatic heterocycles. The normalized spacial score (nSPS) is 11.6. The van der Waals surface area contributed by atoms with Crippen LogP contribution in [0.15, 0.2) is 36.7 Å². The number of hydrogen-bond acceptors (Lipinski definition) is 5. The maximum absolute atomic E-state index is 12.8. The minimum Gasteiger partial charge on any atom is -0.497 e. The Bertz CT molecular complexity index is 944. The van der Waals surface area contributed by atoms with Gasteiger partial charge in [-0.05, 0) is 45.0 Å². The Morgan fingerprint density at radius 3 is 2.56 bits per heavy atom. The first kappa shape index (κ1) is 17.2. The largest absolute Gasteiger partial charge is 0.497 e. The van der Waals surface area contributed by atoms with Crippen molar-refractivity contribution in [1.29, 1.82) is 0 Å². The first-order chi connectivity index (χ1) is 11.8. The third-order valence-electron chi connectivity index (χ3n) is 3.48. The highest BCUT2D eigenvalue weighted by Gasteiger charge is 2.23. The van der Waals surface area contributed by atoms with Crippen LogP contribution in [0.3, 0.4) is 0 Å². The fourth-order valence-corrected chi connectivity index (χ4v) is 2.63. The molecular formula is C18H18ClN3O3. The number of aromatic nitrogens is 3. The maximum Gasteiger partial charge on any atom is 0.419 e. The molecule has 0 saturated heterocycles. The molecule has 0 fully saturated rings. The predicted octanol–water partition coefficient (Wildman–Crippen LogP) is 4.54. The Morgan fingerprint density at radius 1 is 1.16 bits per heavy atom. The maximum atomic E-state index is 12.8. The molecule has 25 heavy (non-hydrogen) atoms. The molecule has 2 heterocycles. The van der Waals surface area contributed by atoms with Crippen molar-refractivity contribution in [2.24, 2.45) is 0 Å². The number of ether oxygens (including phenoxy) is 2. The van der Waals surface area contributed by atoms with E-state index < -0.39 is 11.7 Å². The number of rotatable bonds is 2. The zero-order valence-electron chi connectivity index (χ0n) is 14.4. The van der Waals surface area contributed by atoms with Crippen LogP contribution in [-0.4, -0.2) is 33.3 Å². The Kier molecular flexibility index (Phi) is 4.39. The van der Waals surface area contributed by atoms with Gasteiger partial charge in [-0.2, -0.15) is 0 Å². The minimum absolute atomic E-state index is 0.295. The molecule has 0 N–H and O–H groups in total. The quantitative estimate of drug-likeness (QED) is 0.628. The minimum atomic E-state index is -0.624. The number of hydrogen-bond donors (Lipinski definition) is 0. The molecule has 7 heteroatoms. The summed E-state index contributed by atoms with van der Waals surface area (Å²) in [6.45, 7) is 5.46. The van der Waals surface area contributed by atoms with Gasteiger partial charge in [-0.1, -0.05) is 11.6 Å². The molecule has 3 aromatic rings. The number of fused-ring (bicyclic) bond motifs is 1. The van der Waals surface area contributed by atoms with Gasteiger partial charge in [0.25, 0.3) is 0 Å². The highest BCUT2D eigenvalue weighted by Crippen LogP contribution is 2.31. The van der Waals surface area contributed by atoms with Gasteiger partial charge in [0.15, 0.2) is 0 Å². The highest BCUT2D eigenvalue weighted by molar-refractivity contribution is 6.29. The van der Waals surface area contributed by atoms with Crippen LogP contribution in [0.5, 0.6) is 5.75 Å². The van der Waals surface area contributed by atoms with Crippen LogP contribution in [0.1, 0.15) is 20.8 Å². The summed E-state index contributed by atoms with van der Waals surface area (Å²) in [5, 5.41) is 1.12. The van der Waals surface area contributed by atoms with E-state index in [-0.39, 0.29) is 0 Å². The van der Waals surface area contributed by atoms with Gasteiger partial charge >= 0.3 is 6.09 Å². The van der Waals surface area contributed by atoms with Crippen LogP contribution in [0.4, 0.5) is 4.79 Å². The average Bonchev–Trinajstić information content (AvgIpc) is 2.91. The number of nitrogens with zero attached hydrogens (tertiary/aromatic N) is 3. The molecule has 0 atom stereocenters. The molecule has 0 spiro atoms. The van der Waals surface area contributed by atoms with Crippen molar-refractivity contribution in [3.8, 4) is 17.1 Å². The van der Waals surface area contributed by atoms with Gasteiger partial charge in [-0.15, -0.1) is 0 Å². The van der Waals surface area contributed by atoms with E-state index in [0.717, 1.165) is 5.39 Å². The Hall–Kier alpha value is -2.60. The summed E-state index contributed by atoms with van der Waals surface area (Å²) in [6, 6.07) is 8.90. The number of carbonyl (C=O) groups excluding carboxylic acids is 1. The van der Waals surface area contributed by atoms with Crippen molar-refractivity contribution < 1.29 is 14.3 Å². The van der Waals surface area contributed by atoms with Crippen LogP contribution >= 0.6 is 11.6 Å². The number of benzene rings is 1. The zero-order chi connectivity index (χ0) is 18.2. The van der Waals surface area contributed by atoms with Crippen molar-refractivity contribution >= 4 is 28.6 Å². The molecule has 0 aliphatic carbocycles. The molecule has 0 radical (unpaired) electrons. The SMILES string of the molecule is COc1ccc2c(c1)cc(-c1cc(Cl)ncn1)n2C(=O)OC(C)(C)C. The molecular weight excluding hydrogens is 342 g/mol. The van der Waals surface area contributed by atoms with E-state index >= 15 is 0 Å². The number of carbonyl (C=O) groups is 1. The second-order valence-corrected chi connectivity index (χ2v) is 6.88. The first-order valence-corrected chi connectivity index (χ1v) is 8.07. The molecule has 0 unspecified atom stereocenters. The van der Waals surface area contributed by atoms with Gasteiger partial charge in [0.05, 0.1) is 24.0 Å². The van der Waals surface area contributed by atoms with Gasteiger partial charge in [-0.3, -0.25) is 0 Å². The zero-order valence-corrected chi connectivity index (χ0v) is 15.2. The first-order valence-electron chi connectivity index (χ1n) is 7.69. The summed E-state index contributed by atoms with van der Waals surface area (Å²) in [4.78, 5) is 20.9. The van der Waals surface area contributed by atoms with E-state index in [1.807, 2.05) is 39.0 Å². The lowest BCUT2D eigenvalue weighted by Crippen LogP contribution is -2.27. The van der Waals surface area contributed by atoms with Crippen LogP contribution in [-0.2, 0) is 4.74 Å². The number of methoxy groups -OCH3 is 1. The van der Waals surface area contributed by atoms with E-state index in [4.69, 9.17) is 21.1 Å². The third-order valence-corrected chi connectivity index (χ3v) is 3.69. The van der Waals surface area contributed by atoms with Gasteiger partial charge in [0.1, 0.15) is 22.8 Å². The van der Waals surface area contributed by atoms with Gasteiger partial charge in [0, 0.05) is 11.5 Å². The predicted molar refractivity (Wildman–Crippen MR) is 96.2 cm³/mol. The number of halogens is 1. The van der Waals surface area contributed by atoms with Gasteiger partial charge in [-0.25, -0.2) is 19.3 Å². The molecule has 130 valence electrons. The molecule has 6 nitrogen and oxygen atoms in total. The van der Waals surface area contributed by atoms with Crippen LogP contribution in [0.2, 0.25) is 5.15 Å². The summed E-state index contributed by atoms with van der Waals surface area (Å²) in [5.74, 6) is 0.695. The topological polar surface area (TPSA) is 66.2 Å². The van der Waals surface area contributed by atoms with Crippen molar-refractivity contribution in [1.82, 2.24) is 14.5 Å². The second-order valence-electron chi connectivity index (χ2n) is 6.50. The molecule has 0 amide bonds.